The maximum Gasteiger partial charge on any atom is 0.319 e. The van der Waals surface area contributed by atoms with Gasteiger partial charge in [0.1, 0.15) is 0 Å². The van der Waals surface area contributed by atoms with E-state index in [0.717, 1.165) is 30.7 Å². The molecule has 0 radical (unpaired) electrons. The van der Waals surface area contributed by atoms with Crippen LogP contribution in [-0.2, 0) is 12.8 Å². The van der Waals surface area contributed by atoms with E-state index >= 15 is 0 Å². The van der Waals surface area contributed by atoms with Gasteiger partial charge in [0.05, 0.1) is 28.4 Å². The van der Waals surface area contributed by atoms with Gasteiger partial charge in [0.15, 0.2) is 23.0 Å². The van der Waals surface area contributed by atoms with Crippen LogP contribution in [0, 0.1) is 0 Å². The van der Waals surface area contributed by atoms with Crippen molar-refractivity contribution in [1.29, 1.82) is 0 Å². The van der Waals surface area contributed by atoms with Crippen molar-refractivity contribution >= 4 is 11.7 Å². The Labute approximate surface area is 217 Å². The van der Waals surface area contributed by atoms with E-state index < -0.39 is 0 Å². The molecule has 2 heterocycles. The number of ether oxygens (including phenoxy) is 4. The SMILES string of the molecule is COc1ccc(CC2c3cc(OC)c(OC)cc3CCN2CCNC(=O)Nc2ccncc2)cc1OC. The fraction of sp³-hybridized carbons (Fsp3) is 0.357. The monoisotopic (exact) mass is 506 g/mol. The first-order chi connectivity index (χ1) is 18.1. The highest BCUT2D eigenvalue weighted by atomic mass is 16.5. The molecule has 2 aromatic carbocycles. The molecule has 0 aliphatic carbocycles. The lowest BCUT2D eigenvalue weighted by molar-refractivity contribution is 0.183. The van der Waals surface area contributed by atoms with E-state index in [1.165, 1.54) is 11.1 Å². The number of fused-ring (bicyclic) bond motifs is 1. The zero-order chi connectivity index (χ0) is 26.2. The van der Waals surface area contributed by atoms with E-state index in [1.54, 1.807) is 53.0 Å². The highest BCUT2D eigenvalue weighted by molar-refractivity contribution is 5.89. The topological polar surface area (TPSA) is 94.2 Å². The van der Waals surface area contributed by atoms with Gasteiger partial charge in [-0.2, -0.15) is 0 Å². The second-order valence-electron chi connectivity index (χ2n) is 8.72. The maximum absolute atomic E-state index is 12.4. The summed E-state index contributed by atoms with van der Waals surface area (Å²) in [5, 5.41) is 5.80. The number of benzene rings is 2. The van der Waals surface area contributed by atoms with Crippen molar-refractivity contribution in [2.24, 2.45) is 0 Å². The molecule has 3 aromatic rings. The van der Waals surface area contributed by atoms with Crippen LogP contribution < -0.4 is 29.6 Å². The zero-order valence-electron chi connectivity index (χ0n) is 21.7. The van der Waals surface area contributed by atoms with Crippen molar-refractivity contribution in [3.63, 3.8) is 0 Å². The first-order valence-corrected chi connectivity index (χ1v) is 12.2. The average Bonchev–Trinajstić information content (AvgIpc) is 2.93. The number of urea groups is 1. The number of hydrogen-bond acceptors (Lipinski definition) is 7. The van der Waals surface area contributed by atoms with Crippen LogP contribution in [0.2, 0.25) is 0 Å². The first kappa shape index (κ1) is 26.1. The van der Waals surface area contributed by atoms with E-state index in [1.807, 2.05) is 12.1 Å². The molecule has 0 saturated carbocycles. The summed E-state index contributed by atoms with van der Waals surface area (Å²) >= 11 is 0. The molecular weight excluding hydrogens is 472 g/mol. The van der Waals surface area contributed by atoms with Crippen LogP contribution in [0.1, 0.15) is 22.7 Å². The minimum Gasteiger partial charge on any atom is -0.493 e. The van der Waals surface area contributed by atoms with Gasteiger partial charge in [-0.05, 0) is 65.9 Å². The van der Waals surface area contributed by atoms with E-state index in [2.05, 4.69) is 38.7 Å². The lowest BCUT2D eigenvalue weighted by Gasteiger charge is -2.38. The summed E-state index contributed by atoms with van der Waals surface area (Å²) < 4.78 is 22.1. The Kier molecular flexibility index (Phi) is 8.68. The Balaban J connectivity index is 1.54. The predicted octanol–water partition coefficient (Wildman–Crippen LogP) is 4.08. The fourth-order valence-corrected chi connectivity index (χ4v) is 4.74. The van der Waals surface area contributed by atoms with Crippen LogP contribution in [0.3, 0.4) is 0 Å². The molecule has 2 N–H and O–H groups in total. The number of pyridine rings is 1. The molecule has 2 amide bonds. The molecule has 1 aliphatic rings. The van der Waals surface area contributed by atoms with Crippen molar-refractivity contribution in [3.8, 4) is 23.0 Å². The van der Waals surface area contributed by atoms with Gasteiger partial charge < -0.3 is 29.6 Å². The molecule has 0 spiro atoms. The van der Waals surface area contributed by atoms with Crippen LogP contribution >= 0.6 is 0 Å². The Hall–Kier alpha value is -3.98. The molecule has 9 heteroatoms. The minimum atomic E-state index is -0.244. The molecule has 1 aliphatic heterocycles. The van der Waals surface area contributed by atoms with Crippen molar-refractivity contribution < 1.29 is 23.7 Å². The largest absolute Gasteiger partial charge is 0.493 e. The second-order valence-corrected chi connectivity index (χ2v) is 8.72. The number of amides is 2. The summed E-state index contributed by atoms with van der Waals surface area (Å²) in [4.78, 5) is 18.8. The Morgan fingerprint density at radius 1 is 0.919 bits per heavy atom. The molecule has 0 saturated heterocycles. The number of carbonyl (C=O) groups excluding carboxylic acids is 1. The molecule has 1 atom stereocenters. The summed E-state index contributed by atoms with van der Waals surface area (Å²) in [6.07, 6.45) is 4.92. The minimum absolute atomic E-state index is 0.0757. The highest BCUT2D eigenvalue weighted by Crippen LogP contribution is 2.40. The van der Waals surface area contributed by atoms with E-state index in [0.29, 0.717) is 36.0 Å². The van der Waals surface area contributed by atoms with Crippen LogP contribution in [0.25, 0.3) is 0 Å². The maximum atomic E-state index is 12.4. The third-order valence-corrected chi connectivity index (χ3v) is 6.61. The average molecular weight is 507 g/mol. The van der Waals surface area contributed by atoms with Crippen LogP contribution in [0.4, 0.5) is 10.5 Å². The molecule has 1 unspecified atom stereocenters. The number of rotatable bonds is 10. The van der Waals surface area contributed by atoms with Gasteiger partial charge in [-0.3, -0.25) is 9.88 Å². The van der Waals surface area contributed by atoms with Crippen molar-refractivity contribution in [2.45, 2.75) is 18.9 Å². The number of carbonyl (C=O) groups is 1. The number of anilines is 1. The molecule has 0 bridgehead atoms. The summed E-state index contributed by atoms with van der Waals surface area (Å²) in [5.74, 6) is 2.83. The number of aromatic nitrogens is 1. The van der Waals surface area contributed by atoms with Gasteiger partial charge in [0, 0.05) is 43.8 Å². The van der Waals surface area contributed by atoms with E-state index in [4.69, 9.17) is 18.9 Å². The van der Waals surface area contributed by atoms with E-state index in [9.17, 15) is 4.79 Å². The normalized spacial score (nSPS) is 14.9. The van der Waals surface area contributed by atoms with E-state index in [-0.39, 0.29) is 12.1 Å². The lowest BCUT2D eigenvalue weighted by Crippen LogP contribution is -2.42. The van der Waals surface area contributed by atoms with Gasteiger partial charge in [0.25, 0.3) is 0 Å². The van der Waals surface area contributed by atoms with Crippen molar-refractivity contribution in [2.75, 3.05) is 53.4 Å². The van der Waals surface area contributed by atoms with Crippen molar-refractivity contribution in [1.82, 2.24) is 15.2 Å². The molecule has 37 heavy (non-hydrogen) atoms. The molecule has 0 fully saturated rings. The molecular formula is C28H34N4O5. The van der Waals surface area contributed by atoms with Crippen LogP contribution in [0.5, 0.6) is 23.0 Å². The molecule has 4 rings (SSSR count). The van der Waals surface area contributed by atoms with Gasteiger partial charge in [-0.15, -0.1) is 0 Å². The third kappa shape index (κ3) is 6.24. The Bertz CT molecular complexity index is 1200. The number of hydrogen-bond donors (Lipinski definition) is 2. The van der Waals surface area contributed by atoms with Gasteiger partial charge in [0.2, 0.25) is 0 Å². The summed E-state index contributed by atoms with van der Waals surface area (Å²) in [5.41, 5.74) is 4.26. The highest BCUT2D eigenvalue weighted by Gasteiger charge is 2.29. The number of nitrogens with one attached hydrogen (secondary N) is 2. The van der Waals surface area contributed by atoms with Crippen molar-refractivity contribution in [3.05, 3.63) is 71.5 Å². The number of nitrogens with zero attached hydrogens (tertiary/aromatic N) is 2. The lowest BCUT2D eigenvalue weighted by atomic mass is 9.88. The molecule has 1 aromatic heterocycles. The molecule has 9 nitrogen and oxygen atoms in total. The van der Waals surface area contributed by atoms with Gasteiger partial charge in [-0.25, -0.2) is 4.79 Å². The predicted molar refractivity (Wildman–Crippen MR) is 142 cm³/mol. The summed E-state index contributed by atoms with van der Waals surface area (Å²) in [7, 11) is 6.58. The van der Waals surface area contributed by atoms with Gasteiger partial charge in [-0.1, -0.05) is 6.07 Å². The van der Waals surface area contributed by atoms with Crippen LogP contribution in [0.15, 0.2) is 54.9 Å². The zero-order valence-corrected chi connectivity index (χ0v) is 21.7. The Morgan fingerprint density at radius 3 is 2.30 bits per heavy atom. The second kappa shape index (κ2) is 12.3. The van der Waals surface area contributed by atoms with Gasteiger partial charge >= 0.3 is 6.03 Å². The Morgan fingerprint density at radius 2 is 1.59 bits per heavy atom. The molecule has 196 valence electrons. The first-order valence-electron chi connectivity index (χ1n) is 12.2. The summed E-state index contributed by atoms with van der Waals surface area (Å²) in [6.45, 7) is 2.05. The quantitative estimate of drug-likeness (QED) is 0.428. The third-order valence-electron chi connectivity index (χ3n) is 6.61. The van der Waals surface area contributed by atoms with Crippen LogP contribution in [-0.4, -0.2) is 64.0 Å². The standard InChI is InChI=1S/C28H34N4O5/c1-34-24-6-5-19(16-25(24)35-2)15-23-22-18-27(37-4)26(36-3)17-20(22)9-13-32(23)14-12-30-28(33)31-21-7-10-29-11-8-21/h5-8,10-11,16-18,23H,9,12-15H2,1-4H3,(H2,29,30,31,33). The fourth-order valence-electron chi connectivity index (χ4n) is 4.74. The smallest absolute Gasteiger partial charge is 0.319 e. The number of methoxy groups -OCH3 is 4. The summed E-state index contributed by atoms with van der Waals surface area (Å²) in [6, 6.07) is 13.5.